The molecule has 0 unspecified atom stereocenters. The van der Waals surface area contributed by atoms with Gasteiger partial charge in [-0.25, -0.2) is 8.78 Å². The van der Waals surface area contributed by atoms with Crippen molar-refractivity contribution in [1.29, 1.82) is 0 Å². The Morgan fingerprint density at radius 2 is 1.95 bits per heavy atom. The van der Waals surface area contributed by atoms with Gasteiger partial charge in [0.1, 0.15) is 11.6 Å². The van der Waals surface area contributed by atoms with E-state index >= 15 is 0 Å². The van der Waals surface area contributed by atoms with Crippen LogP contribution in [0.5, 0.6) is 0 Å². The van der Waals surface area contributed by atoms with Crippen LogP contribution in [0.3, 0.4) is 0 Å². The van der Waals surface area contributed by atoms with Crippen LogP contribution < -0.4 is 5.32 Å². The Bertz CT molecular complexity index is 583. The minimum atomic E-state index is -0.726. The summed E-state index contributed by atoms with van der Waals surface area (Å²) >= 11 is 0. The Kier molecular flexibility index (Phi) is 3.59. The lowest BCUT2D eigenvalue weighted by Crippen LogP contribution is -2.17. The van der Waals surface area contributed by atoms with Gasteiger partial charge in [0.25, 0.3) is 0 Å². The third-order valence-electron chi connectivity index (χ3n) is 2.79. The maximum Gasteiger partial charge on any atom is 0.229 e. The number of H-pyrrole nitrogens is 1. The molecule has 1 aromatic heterocycles. The van der Waals surface area contributed by atoms with Crippen molar-refractivity contribution >= 4 is 11.6 Å². The zero-order valence-corrected chi connectivity index (χ0v) is 10.6. The molecule has 0 atom stereocenters. The predicted molar refractivity (Wildman–Crippen MR) is 66.8 cm³/mol. The summed E-state index contributed by atoms with van der Waals surface area (Å²) in [6.07, 6.45) is -0.359. The predicted octanol–water partition coefficient (Wildman–Crippen LogP) is 2.49. The molecule has 0 bridgehead atoms. The summed E-state index contributed by atoms with van der Waals surface area (Å²) in [6, 6.07) is 3.51. The smallest absolute Gasteiger partial charge is 0.229 e. The second-order valence-electron chi connectivity index (χ2n) is 4.23. The van der Waals surface area contributed by atoms with Crippen molar-refractivity contribution in [2.24, 2.45) is 0 Å². The summed E-state index contributed by atoms with van der Waals surface area (Å²) in [5.74, 6) is -1.94. The molecule has 1 heterocycles. The van der Waals surface area contributed by atoms with Crippen LogP contribution in [0.25, 0.3) is 0 Å². The van der Waals surface area contributed by atoms with Crippen molar-refractivity contribution in [3.05, 3.63) is 46.8 Å². The molecule has 4 nitrogen and oxygen atoms in total. The van der Waals surface area contributed by atoms with Crippen molar-refractivity contribution in [3.63, 3.8) is 0 Å². The number of aryl methyl sites for hydroxylation is 2. The number of hydrogen-bond donors (Lipinski definition) is 2. The summed E-state index contributed by atoms with van der Waals surface area (Å²) in [7, 11) is 0. The molecule has 2 aromatic rings. The fourth-order valence-corrected chi connectivity index (χ4v) is 1.78. The van der Waals surface area contributed by atoms with Gasteiger partial charge in [-0.3, -0.25) is 9.89 Å². The maximum absolute atomic E-state index is 13.4. The average Bonchev–Trinajstić information content (AvgIpc) is 2.66. The molecular weight excluding hydrogens is 252 g/mol. The third kappa shape index (κ3) is 2.78. The minimum absolute atomic E-state index is 0.237. The lowest BCUT2D eigenvalue weighted by atomic mass is 10.1. The number of hydrogen-bond acceptors (Lipinski definition) is 2. The normalized spacial score (nSPS) is 10.5. The molecule has 0 aliphatic carbocycles. The molecule has 6 heteroatoms. The number of amides is 1. The first-order valence-electron chi connectivity index (χ1n) is 5.73. The molecule has 1 aromatic carbocycles. The van der Waals surface area contributed by atoms with Crippen LogP contribution in [-0.4, -0.2) is 16.1 Å². The van der Waals surface area contributed by atoms with Crippen LogP contribution in [0.1, 0.15) is 17.0 Å². The fourth-order valence-electron chi connectivity index (χ4n) is 1.78. The molecule has 0 saturated heterocycles. The third-order valence-corrected chi connectivity index (χ3v) is 2.79. The average molecular weight is 265 g/mol. The zero-order valence-electron chi connectivity index (χ0n) is 10.6. The van der Waals surface area contributed by atoms with E-state index in [-0.39, 0.29) is 12.0 Å². The highest BCUT2D eigenvalue weighted by molar-refractivity contribution is 5.93. The number of halogens is 2. The first-order valence-corrected chi connectivity index (χ1v) is 5.73. The highest BCUT2D eigenvalue weighted by Gasteiger charge is 2.15. The summed E-state index contributed by atoms with van der Waals surface area (Å²) in [5, 5.41) is 9.23. The first-order chi connectivity index (χ1) is 8.99. The fraction of sp³-hybridized carbons (Fsp3) is 0.231. The van der Waals surface area contributed by atoms with E-state index in [2.05, 4.69) is 15.5 Å². The number of benzene rings is 1. The van der Waals surface area contributed by atoms with Gasteiger partial charge >= 0.3 is 0 Å². The van der Waals surface area contributed by atoms with E-state index in [0.29, 0.717) is 17.1 Å². The van der Waals surface area contributed by atoms with Crippen LogP contribution >= 0.6 is 0 Å². The van der Waals surface area contributed by atoms with Crippen molar-refractivity contribution in [3.8, 4) is 0 Å². The second-order valence-corrected chi connectivity index (χ2v) is 4.23. The highest BCUT2D eigenvalue weighted by Crippen LogP contribution is 2.18. The van der Waals surface area contributed by atoms with Crippen LogP contribution in [-0.2, 0) is 11.2 Å². The number of carbonyl (C=O) groups excluding carboxylic acids is 1. The molecule has 0 aliphatic heterocycles. The van der Waals surface area contributed by atoms with E-state index in [1.165, 1.54) is 6.07 Å². The van der Waals surface area contributed by atoms with E-state index in [1.54, 1.807) is 13.8 Å². The Morgan fingerprint density at radius 3 is 2.47 bits per heavy atom. The molecule has 100 valence electrons. The zero-order chi connectivity index (χ0) is 14.0. The summed E-state index contributed by atoms with van der Waals surface area (Å²) in [6.45, 7) is 3.47. The van der Waals surface area contributed by atoms with E-state index in [9.17, 15) is 13.6 Å². The monoisotopic (exact) mass is 265 g/mol. The van der Waals surface area contributed by atoms with Crippen LogP contribution in [0, 0.1) is 25.5 Å². The Labute approximate surface area is 108 Å². The van der Waals surface area contributed by atoms with Gasteiger partial charge in [-0.2, -0.15) is 5.10 Å². The molecule has 0 spiro atoms. The highest BCUT2D eigenvalue weighted by atomic mass is 19.1. The Hall–Kier alpha value is -2.24. The molecule has 0 aliphatic rings. The molecule has 19 heavy (non-hydrogen) atoms. The second kappa shape index (κ2) is 5.17. The van der Waals surface area contributed by atoms with Gasteiger partial charge in [0.05, 0.1) is 23.5 Å². The molecular formula is C13H13F2N3O. The van der Waals surface area contributed by atoms with E-state index in [1.807, 2.05) is 0 Å². The number of aromatic amines is 1. The van der Waals surface area contributed by atoms with Gasteiger partial charge in [0.15, 0.2) is 0 Å². The molecule has 0 radical (unpaired) electrons. The van der Waals surface area contributed by atoms with Crippen molar-refractivity contribution in [1.82, 2.24) is 10.2 Å². The van der Waals surface area contributed by atoms with E-state index in [0.717, 1.165) is 12.1 Å². The Balaban J connectivity index is 2.14. The number of aromatic nitrogens is 2. The first kappa shape index (κ1) is 13.2. The minimum Gasteiger partial charge on any atom is -0.323 e. The molecule has 2 N–H and O–H groups in total. The summed E-state index contributed by atoms with van der Waals surface area (Å²) in [5.41, 5.74) is 1.63. The van der Waals surface area contributed by atoms with E-state index in [4.69, 9.17) is 0 Å². The Morgan fingerprint density at radius 1 is 1.32 bits per heavy atom. The van der Waals surface area contributed by atoms with Gasteiger partial charge in [-0.1, -0.05) is 6.07 Å². The van der Waals surface area contributed by atoms with Crippen molar-refractivity contribution in [2.75, 3.05) is 5.32 Å². The van der Waals surface area contributed by atoms with E-state index < -0.39 is 17.5 Å². The largest absolute Gasteiger partial charge is 0.323 e. The topological polar surface area (TPSA) is 57.8 Å². The summed E-state index contributed by atoms with van der Waals surface area (Å²) < 4.78 is 26.8. The standard InChI is InChI=1S/C13H13F2N3O/c1-7-13(8(2)18-17-7)16-12(19)6-9-10(14)4-3-5-11(9)15/h3-5H,6H2,1-2H3,(H,16,19)(H,17,18). The number of anilines is 1. The van der Waals surface area contributed by atoms with Crippen molar-refractivity contribution < 1.29 is 13.6 Å². The summed E-state index contributed by atoms with van der Waals surface area (Å²) in [4.78, 5) is 11.8. The lowest BCUT2D eigenvalue weighted by Gasteiger charge is -2.07. The van der Waals surface area contributed by atoms with Crippen LogP contribution in [0.2, 0.25) is 0 Å². The molecule has 0 fully saturated rings. The van der Waals surface area contributed by atoms with Crippen LogP contribution in [0.4, 0.5) is 14.5 Å². The quantitative estimate of drug-likeness (QED) is 0.895. The molecule has 0 saturated carbocycles. The van der Waals surface area contributed by atoms with Gasteiger partial charge in [0.2, 0.25) is 5.91 Å². The van der Waals surface area contributed by atoms with Crippen molar-refractivity contribution in [2.45, 2.75) is 20.3 Å². The molecule has 2 rings (SSSR count). The number of rotatable bonds is 3. The van der Waals surface area contributed by atoms with Gasteiger partial charge < -0.3 is 5.32 Å². The maximum atomic E-state index is 13.4. The lowest BCUT2D eigenvalue weighted by molar-refractivity contribution is -0.115. The van der Waals surface area contributed by atoms with Gasteiger partial charge in [-0.15, -0.1) is 0 Å². The number of nitrogens with one attached hydrogen (secondary N) is 2. The number of carbonyl (C=O) groups is 1. The van der Waals surface area contributed by atoms with Crippen LogP contribution in [0.15, 0.2) is 18.2 Å². The van der Waals surface area contributed by atoms with Gasteiger partial charge in [0, 0.05) is 5.56 Å². The van der Waals surface area contributed by atoms with Gasteiger partial charge in [-0.05, 0) is 26.0 Å². The SMILES string of the molecule is Cc1n[nH]c(C)c1NC(=O)Cc1c(F)cccc1F. The number of nitrogens with zero attached hydrogens (tertiary/aromatic N) is 1. The molecule has 1 amide bonds.